The van der Waals surface area contributed by atoms with Crippen molar-refractivity contribution in [2.75, 3.05) is 32.2 Å². The number of fused-ring (bicyclic) bond motifs is 1. The van der Waals surface area contributed by atoms with Crippen molar-refractivity contribution < 1.29 is 19.4 Å². The number of anilines is 1. The first-order valence-electron chi connectivity index (χ1n) is 8.02. The van der Waals surface area contributed by atoms with Gasteiger partial charge in [-0.1, -0.05) is 13.0 Å². The maximum atomic E-state index is 12.3. The quantitative estimate of drug-likeness (QED) is 0.827. The second-order valence-corrected chi connectivity index (χ2v) is 5.83. The van der Waals surface area contributed by atoms with Crippen LogP contribution in [0.2, 0.25) is 0 Å². The van der Waals surface area contributed by atoms with Crippen molar-refractivity contribution in [1.82, 2.24) is 4.98 Å². The second-order valence-electron chi connectivity index (χ2n) is 5.83. The van der Waals surface area contributed by atoms with Crippen LogP contribution in [0.4, 0.5) is 5.69 Å². The number of hydrogen-bond acceptors (Lipinski definition) is 6. The van der Waals surface area contributed by atoms with Gasteiger partial charge in [0.15, 0.2) is 5.56 Å². The van der Waals surface area contributed by atoms with Gasteiger partial charge in [0.2, 0.25) is 0 Å². The Morgan fingerprint density at radius 1 is 1.44 bits per heavy atom. The van der Waals surface area contributed by atoms with Gasteiger partial charge < -0.3 is 24.5 Å². The van der Waals surface area contributed by atoms with E-state index in [1.807, 2.05) is 32.2 Å². The molecule has 132 valence electrons. The molecule has 1 aromatic carbocycles. The fourth-order valence-corrected chi connectivity index (χ4v) is 3.02. The van der Waals surface area contributed by atoms with Crippen molar-refractivity contribution in [3.8, 4) is 22.8 Å². The zero-order valence-electron chi connectivity index (χ0n) is 14.4. The number of hydrogen-bond donors (Lipinski definition) is 2. The molecule has 25 heavy (non-hydrogen) atoms. The number of likely N-dealkylation sites (N-methyl/N-ethyl adjacent to an activating group) is 1. The van der Waals surface area contributed by atoms with E-state index in [0.717, 1.165) is 19.3 Å². The smallest absolute Gasteiger partial charge is 0.347 e. The molecule has 2 aromatic rings. The van der Waals surface area contributed by atoms with E-state index >= 15 is 0 Å². The number of nitrogens with zero attached hydrogens (tertiary/aromatic N) is 1. The highest BCUT2D eigenvalue weighted by atomic mass is 16.5. The number of nitrogens with one attached hydrogen (secondary N) is 1. The van der Waals surface area contributed by atoms with E-state index < -0.39 is 11.5 Å². The summed E-state index contributed by atoms with van der Waals surface area (Å²) in [5, 5.41) is 10.4. The standard InChI is InChI=1S/C18H20N2O5/c1-4-11-15(19-17(22)14(16(11)21)18(23)24-3)10-5-6-12-13(9-10)25-8-7-20(12)2/h5-6,9H,4,7-8H2,1-3H3,(H2,19,21,22). The predicted octanol–water partition coefficient (Wildman–Crippen LogP) is 1.93. The minimum atomic E-state index is -0.865. The number of aromatic amines is 1. The lowest BCUT2D eigenvalue weighted by Gasteiger charge is -2.28. The monoisotopic (exact) mass is 344 g/mol. The van der Waals surface area contributed by atoms with Crippen LogP contribution in [0.3, 0.4) is 0 Å². The average molecular weight is 344 g/mol. The molecule has 3 rings (SSSR count). The number of esters is 1. The lowest BCUT2D eigenvalue weighted by Crippen LogP contribution is -2.28. The normalized spacial score (nSPS) is 13.2. The highest BCUT2D eigenvalue weighted by Gasteiger charge is 2.24. The Bertz CT molecular complexity index is 888. The highest BCUT2D eigenvalue weighted by Crippen LogP contribution is 2.37. The van der Waals surface area contributed by atoms with Crippen molar-refractivity contribution in [2.24, 2.45) is 0 Å². The van der Waals surface area contributed by atoms with Crippen molar-refractivity contribution in [3.05, 3.63) is 39.7 Å². The van der Waals surface area contributed by atoms with Gasteiger partial charge in [0.05, 0.1) is 25.0 Å². The van der Waals surface area contributed by atoms with Crippen LogP contribution in [-0.2, 0) is 11.2 Å². The van der Waals surface area contributed by atoms with E-state index in [1.165, 1.54) is 0 Å². The third kappa shape index (κ3) is 2.82. The predicted molar refractivity (Wildman–Crippen MR) is 93.6 cm³/mol. The Hall–Kier alpha value is -2.96. The molecule has 2 N–H and O–H groups in total. The van der Waals surface area contributed by atoms with Gasteiger partial charge in [-0.3, -0.25) is 4.79 Å². The summed E-state index contributed by atoms with van der Waals surface area (Å²) in [6.45, 7) is 3.22. The summed E-state index contributed by atoms with van der Waals surface area (Å²) in [6, 6.07) is 5.59. The van der Waals surface area contributed by atoms with Crippen molar-refractivity contribution in [3.63, 3.8) is 0 Å². The topological polar surface area (TPSA) is 91.9 Å². The first-order valence-corrected chi connectivity index (χ1v) is 8.02. The number of carbonyl (C=O) groups excluding carboxylic acids is 1. The maximum absolute atomic E-state index is 12.3. The number of aromatic nitrogens is 1. The van der Waals surface area contributed by atoms with Gasteiger partial charge in [0.1, 0.15) is 18.1 Å². The van der Waals surface area contributed by atoms with Gasteiger partial charge in [-0.15, -0.1) is 0 Å². The van der Waals surface area contributed by atoms with Gasteiger partial charge >= 0.3 is 5.97 Å². The van der Waals surface area contributed by atoms with Crippen LogP contribution in [0.5, 0.6) is 11.5 Å². The summed E-state index contributed by atoms with van der Waals surface area (Å²) in [6.07, 6.45) is 0.430. The van der Waals surface area contributed by atoms with E-state index in [1.54, 1.807) is 0 Å². The largest absolute Gasteiger partial charge is 0.506 e. The Kier molecular flexibility index (Phi) is 4.39. The molecule has 0 unspecified atom stereocenters. The number of pyridine rings is 1. The van der Waals surface area contributed by atoms with Crippen LogP contribution >= 0.6 is 0 Å². The average Bonchev–Trinajstić information content (AvgIpc) is 2.61. The molecule has 1 aromatic heterocycles. The molecule has 1 aliphatic heterocycles. The minimum absolute atomic E-state index is 0.344. The number of benzene rings is 1. The zero-order valence-corrected chi connectivity index (χ0v) is 14.4. The van der Waals surface area contributed by atoms with Crippen LogP contribution in [0.15, 0.2) is 23.0 Å². The molecule has 0 atom stereocenters. The number of methoxy groups -OCH3 is 1. The van der Waals surface area contributed by atoms with E-state index in [4.69, 9.17) is 4.74 Å². The molecular formula is C18H20N2O5. The molecule has 7 heteroatoms. The first kappa shape index (κ1) is 16.9. The molecule has 1 aliphatic rings. The van der Waals surface area contributed by atoms with E-state index in [0.29, 0.717) is 35.6 Å². The van der Waals surface area contributed by atoms with Crippen molar-refractivity contribution >= 4 is 11.7 Å². The summed E-state index contributed by atoms with van der Waals surface area (Å²) in [5.41, 5.74) is 1.55. The van der Waals surface area contributed by atoms with E-state index in [-0.39, 0.29) is 11.3 Å². The number of rotatable bonds is 3. The molecule has 0 spiro atoms. The Balaban J connectivity index is 2.18. The summed E-state index contributed by atoms with van der Waals surface area (Å²) < 4.78 is 10.3. The number of aromatic hydroxyl groups is 1. The van der Waals surface area contributed by atoms with E-state index in [2.05, 4.69) is 14.6 Å². The molecular weight excluding hydrogens is 324 g/mol. The van der Waals surface area contributed by atoms with Crippen LogP contribution in [0.25, 0.3) is 11.3 Å². The molecule has 7 nitrogen and oxygen atoms in total. The molecule has 2 heterocycles. The molecule has 0 fully saturated rings. The summed E-state index contributed by atoms with van der Waals surface area (Å²) in [7, 11) is 3.15. The lowest BCUT2D eigenvalue weighted by atomic mass is 9.99. The molecule has 0 bridgehead atoms. The molecule has 0 saturated carbocycles. The maximum Gasteiger partial charge on any atom is 0.347 e. The van der Waals surface area contributed by atoms with E-state index in [9.17, 15) is 14.7 Å². The highest BCUT2D eigenvalue weighted by molar-refractivity contribution is 5.93. The van der Waals surface area contributed by atoms with Gasteiger partial charge in [0, 0.05) is 18.2 Å². The fraction of sp³-hybridized carbons (Fsp3) is 0.333. The Labute approximate surface area is 144 Å². The Morgan fingerprint density at radius 3 is 2.88 bits per heavy atom. The van der Waals surface area contributed by atoms with Crippen LogP contribution in [-0.4, -0.2) is 43.4 Å². The number of ether oxygens (including phenoxy) is 2. The number of H-pyrrole nitrogens is 1. The van der Waals surface area contributed by atoms with Crippen molar-refractivity contribution in [2.45, 2.75) is 13.3 Å². The van der Waals surface area contributed by atoms with Crippen LogP contribution in [0, 0.1) is 0 Å². The molecule has 0 radical (unpaired) electrons. The molecule has 0 saturated heterocycles. The summed E-state index contributed by atoms with van der Waals surface area (Å²) in [4.78, 5) is 28.8. The summed E-state index contributed by atoms with van der Waals surface area (Å²) in [5.74, 6) is -0.495. The first-order chi connectivity index (χ1) is 12.0. The third-order valence-corrected chi connectivity index (χ3v) is 4.38. The van der Waals surface area contributed by atoms with Gasteiger partial charge in [-0.2, -0.15) is 0 Å². The Morgan fingerprint density at radius 2 is 2.20 bits per heavy atom. The van der Waals surface area contributed by atoms with Crippen LogP contribution < -0.4 is 15.2 Å². The minimum Gasteiger partial charge on any atom is -0.506 e. The zero-order chi connectivity index (χ0) is 18.1. The second kappa shape index (κ2) is 6.51. The molecule has 0 amide bonds. The SMILES string of the molecule is CCc1c(-c2ccc3c(c2)OCCN3C)[nH]c(=O)c(C(=O)OC)c1O. The van der Waals surface area contributed by atoms with Crippen LogP contribution in [0.1, 0.15) is 22.8 Å². The summed E-state index contributed by atoms with van der Waals surface area (Å²) >= 11 is 0. The van der Waals surface area contributed by atoms with Crippen molar-refractivity contribution in [1.29, 1.82) is 0 Å². The van der Waals surface area contributed by atoms with Gasteiger partial charge in [-0.25, -0.2) is 4.79 Å². The fourth-order valence-electron chi connectivity index (χ4n) is 3.02. The molecule has 0 aliphatic carbocycles. The lowest BCUT2D eigenvalue weighted by molar-refractivity contribution is 0.0595. The number of carbonyl (C=O) groups is 1. The van der Waals surface area contributed by atoms with Gasteiger partial charge in [-0.05, 0) is 18.6 Å². The third-order valence-electron chi connectivity index (χ3n) is 4.38. The van der Waals surface area contributed by atoms with Gasteiger partial charge in [0.25, 0.3) is 5.56 Å².